The lowest BCUT2D eigenvalue weighted by Crippen LogP contribution is -2.37. The van der Waals surface area contributed by atoms with E-state index in [4.69, 9.17) is 4.74 Å². The summed E-state index contributed by atoms with van der Waals surface area (Å²) < 4.78 is 5.61. The Hall–Kier alpha value is -2.04. The number of benzene rings is 1. The van der Waals surface area contributed by atoms with E-state index in [1.165, 1.54) is 7.05 Å². The number of rotatable bonds is 4. The van der Waals surface area contributed by atoms with Gasteiger partial charge in [-0.1, -0.05) is 18.2 Å². The van der Waals surface area contributed by atoms with Crippen LogP contribution in [0.25, 0.3) is 0 Å². The molecule has 0 saturated heterocycles. The van der Waals surface area contributed by atoms with Gasteiger partial charge in [0.1, 0.15) is 5.75 Å². The first-order valence-corrected chi connectivity index (χ1v) is 5.79. The number of ether oxygens (including phenoxy) is 1. The fraction of sp³-hybridized carbons (Fsp3) is 0.385. The number of carbonyl (C=O) groups excluding carboxylic acids is 2. The van der Waals surface area contributed by atoms with Gasteiger partial charge in [0.15, 0.2) is 0 Å². The van der Waals surface area contributed by atoms with Crippen molar-refractivity contribution in [1.82, 2.24) is 10.6 Å². The molecule has 0 saturated carbocycles. The topological polar surface area (TPSA) is 67.4 Å². The molecule has 0 aliphatic rings. The van der Waals surface area contributed by atoms with Gasteiger partial charge in [0.25, 0.3) is 0 Å². The number of amides is 2. The molecule has 0 fully saturated rings. The number of para-hydroxylation sites is 1. The lowest BCUT2D eigenvalue weighted by atomic mass is 10.2. The minimum atomic E-state index is -0.656. The molecule has 0 atom stereocenters. The van der Waals surface area contributed by atoms with Crippen LogP contribution < -0.4 is 15.4 Å². The molecule has 0 heterocycles. The maximum Gasteiger partial charge on any atom is 0.309 e. The zero-order valence-electron chi connectivity index (χ0n) is 10.8. The second-order valence-electron chi connectivity index (χ2n) is 4.04. The van der Waals surface area contributed by atoms with E-state index in [0.717, 1.165) is 5.56 Å². The average Bonchev–Trinajstić information content (AvgIpc) is 2.35. The van der Waals surface area contributed by atoms with E-state index in [2.05, 4.69) is 10.6 Å². The highest BCUT2D eigenvalue weighted by Crippen LogP contribution is 2.18. The van der Waals surface area contributed by atoms with Crippen molar-refractivity contribution in [3.8, 4) is 5.75 Å². The molecule has 0 radical (unpaired) electrons. The van der Waals surface area contributed by atoms with Crippen molar-refractivity contribution in [2.75, 3.05) is 7.05 Å². The Labute approximate surface area is 107 Å². The van der Waals surface area contributed by atoms with Crippen molar-refractivity contribution in [1.29, 1.82) is 0 Å². The summed E-state index contributed by atoms with van der Waals surface area (Å²) in [4.78, 5) is 22.4. The number of carbonyl (C=O) groups is 2. The standard InChI is InChI=1S/C13H18N2O3/c1-9(2)18-11-7-5-4-6-10(11)8-15-13(17)12(16)14-3/h4-7,9H,8H2,1-3H3,(H,14,16)(H,15,17). The monoisotopic (exact) mass is 250 g/mol. The SMILES string of the molecule is CNC(=O)C(=O)NCc1ccccc1OC(C)C. The third-order valence-corrected chi connectivity index (χ3v) is 2.21. The van der Waals surface area contributed by atoms with E-state index in [1.54, 1.807) is 0 Å². The summed E-state index contributed by atoms with van der Waals surface area (Å²) in [6, 6.07) is 7.40. The highest BCUT2D eigenvalue weighted by Gasteiger charge is 2.12. The molecule has 0 unspecified atom stereocenters. The molecule has 1 aromatic carbocycles. The Morgan fingerprint density at radius 2 is 1.89 bits per heavy atom. The van der Waals surface area contributed by atoms with Crippen LogP contribution in [0.3, 0.4) is 0 Å². The van der Waals surface area contributed by atoms with Crippen LogP contribution in [-0.4, -0.2) is 25.0 Å². The lowest BCUT2D eigenvalue weighted by molar-refractivity contribution is -0.139. The van der Waals surface area contributed by atoms with Crippen LogP contribution >= 0.6 is 0 Å². The second-order valence-corrected chi connectivity index (χ2v) is 4.04. The zero-order chi connectivity index (χ0) is 13.5. The van der Waals surface area contributed by atoms with E-state index in [9.17, 15) is 9.59 Å². The van der Waals surface area contributed by atoms with Crippen molar-refractivity contribution in [2.45, 2.75) is 26.5 Å². The van der Waals surface area contributed by atoms with Crippen molar-refractivity contribution in [3.63, 3.8) is 0 Å². The summed E-state index contributed by atoms with van der Waals surface area (Å²) in [7, 11) is 1.41. The van der Waals surface area contributed by atoms with Crippen LogP contribution in [0.1, 0.15) is 19.4 Å². The first-order valence-electron chi connectivity index (χ1n) is 5.79. The third kappa shape index (κ3) is 4.08. The molecule has 5 heteroatoms. The van der Waals surface area contributed by atoms with Crippen molar-refractivity contribution in [3.05, 3.63) is 29.8 Å². The third-order valence-electron chi connectivity index (χ3n) is 2.21. The molecule has 98 valence electrons. The molecular weight excluding hydrogens is 232 g/mol. The van der Waals surface area contributed by atoms with Gasteiger partial charge in [-0.15, -0.1) is 0 Å². The quantitative estimate of drug-likeness (QED) is 0.778. The van der Waals surface area contributed by atoms with Gasteiger partial charge in [-0.2, -0.15) is 0 Å². The molecule has 0 spiro atoms. The van der Waals surface area contributed by atoms with Crippen LogP contribution in [0.4, 0.5) is 0 Å². The van der Waals surface area contributed by atoms with Gasteiger partial charge in [-0.25, -0.2) is 0 Å². The van der Waals surface area contributed by atoms with Gasteiger partial charge < -0.3 is 15.4 Å². The number of hydrogen-bond acceptors (Lipinski definition) is 3. The average molecular weight is 250 g/mol. The molecule has 5 nitrogen and oxygen atoms in total. The molecule has 1 aromatic rings. The number of hydrogen-bond donors (Lipinski definition) is 2. The van der Waals surface area contributed by atoms with Crippen LogP contribution in [0, 0.1) is 0 Å². The molecule has 18 heavy (non-hydrogen) atoms. The smallest absolute Gasteiger partial charge is 0.309 e. The largest absolute Gasteiger partial charge is 0.491 e. The van der Waals surface area contributed by atoms with E-state index in [-0.39, 0.29) is 12.6 Å². The van der Waals surface area contributed by atoms with Crippen molar-refractivity contribution in [2.24, 2.45) is 0 Å². The summed E-state index contributed by atoms with van der Waals surface area (Å²) in [5.74, 6) is -0.598. The Morgan fingerprint density at radius 1 is 1.22 bits per heavy atom. The first-order chi connectivity index (χ1) is 8.54. The Morgan fingerprint density at radius 3 is 2.50 bits per heavy atom. The van der Waals surface area contributed by atoms with Gasteiger partial charge in [0, 0.05) is 19.2 Å². The molecular formula is C13H18N2O3. The van der Waals surface area contributed by atoms with Crippen molar-refractivity contribution < 1.29 is 14.3 Å². The molecule has 1 rings (SSSR count). The van der Waals surface area contributed by atoms with Crippen molar-refractivity contribution >= 4 is 11.8 Å². The van der Waals surface area contributed by atoms with Gasteiger partial charge in [-0.05, 0) is 19.9 Å². The first kappa shape index (κ1) is 14.0. The Kier molecular flexibility index (Phi) is 5.17. The fourth-order valence-electron chi connectivity index (χ4n) is 1.39. The normalized spacial score (nSPS) is 10.0. The van der Waals surface area contributed by atoms with Gasteiger partial charge in [-0.3, -0.25) is 9.59 Å². The summed E-state index contributed by atoms with van der Waals surface area (Å²) in [5.41, 5.74) is 0.837. The van der Waals surface area contributed by atoms with E-state index >= 15 is 0 Å². The Balaban J connectivity index is 2.67. The minimum absolute atomic E-state index is 0.0563. The molecule has 2 N–H and O–H groups in total. The molecule has 2 amide bonds. The van der Waals surface area contributed by atoms with Crippen LogP contribution in [0.2, 0.25) is 0 Å². The predicted molar refractivity (Wildman–Crippen MR) is 68.1 cm³/mol. The summed E-state index contributed by atoms with van der Waals surface area (Å²) in [5, 5.41) is 4.80. The van der Waals surface area contributed by atoms with Crippen LogP contribution in [0.5, 0.6) is 5.75 Å². The van der Waals surface area contributed by atoms with Gasteiger partial charge in [0.05, 0.1) is 6.10 Å². The molecule has 0 aromatic heterocycles. The van der Waals surface area contributed by atoms with E-state index in [0.29, 0.717) is 5.75 Å². The summed E-state index contributed by atoms with van der Waals surface area (Å²) in [6.07, 6.45) is 0.0563. The van der Waals surface area contributed by atoms with Gasteiger partial charge in [0.2, 0.25) is 0 Å². The molecule has 0 aliphatic carbocycles. The maximum atomic E-state index is 11.3. The molecule has 0 bridgehead atoms. The Bertz CT molecular complexity index is 430. The van der Waals surface area contributed by atoms with E-state index in [1.807, 2.05) is 38.1 Å². The van der Waals surface area contributed by atoms with Crippen LogP contribution in [0.15, 0.2) is 24.3 Å². The maximum absolute atomic E-state index is 11.3. The summed E-state index contributed by atoms with van der Waals surface area (Å²) >= 11 is 0. The fourth-order valence-corrected chi connectivity index (χ4v) is 1.39. The van der Waals surface area contributed by atoms with E-state index < -0.39 is 11.8 Å². The lowest BCUT2D eigenvalue weighted by Gasteiger charge is -2.14. The zero-order valence-corrected chi connectivity index (χ0v) is 10.8. The van der Waals surface area contributed by atoms with Gasteiger partial charge >= 0.3 is 11.8 Å². The number of likely N-dealkylation sites (N-methyl/N-ethyl adjacent to an activating group) is 1. The second kappa shape index (κ2) is 6.64. The minimum Gasteiger partial charge on any atom is -0.491 e. The highest BCUT2D eigenvalue weighted by atomic mass is 16.5. The summed E-state index contributed by atoms with van der Waals surface area (Å²) in [6.45, 7) is 4.12. The number of nitrogens with one attached hydrogen (secondary N) is 2. The molecule has 0 aliphatic heterocycles. The predicted octanol–water partition coefficient (Wildman–Crippen LogP) is 0.836. The van der Waals surface area contributed by atoms with Crippen LogP contribution in [-0.2, 0) is 16.1 Å². The highest BCUT2D eigenvalue weighted by molar-refractivity contribution is 6.34.